The van der Waals surface area contributed by atoms with Gasteiger partial charge in [-0.15, -0.1) is 0 Å². The van der Waals surface area contributed by atoms with Gasteiger partial charge in [0.25, 0.3) is 0 Å². The Balaban J connectivity index is 2.03. The number of nitrogens with one attached hydrogen (secondary N) is 1. The monoisotopic (exact) mass is 211 g/mol. The second-order valence-corrected chi connectivity index (χ2v) is 4.30. The lowest BCUT2D eigenvalue weighted by molar-refractivity contribution is 0.103. The van der Waals surface area contributed by atoms with E-state index in [0.29, 0.717) is 13.2 Å². The van der Waals surface area contributed by atoms with Crippen LogP contribution in [-0.2, 0) is 11.3 Å². The molecule has 0 aromatic carbocycles. The topological polar surface area (TPSA) is 34.4 Å². The molecule has 0 atom stereocenters. The summed E-state index contributed by atoms with van der Waals surface area (Å²) in [4.78, 5) is 0. The van der Waals surface area contributed by atoms with Crippen molar-refractivity contribution in [2.24, 2.45) is 0 Å². The van der Waals surface area contributed by atoms with Crippen LogP contribution in [0.25, 0.3) is 0 Å². The van der Waals surface area contributed by atoms with E-state index in [0.717, 1.165) is 18.7 Å². The van der Waals surface area contributed by atoms with Gasteiger partial charge in [-0.05, 0) is 32.4 Å². The quantitative estimate of drug-likeness (QED) is 0.704. The van der Waals surface area contributed by atoms with Crippen molar-refractivity contribution in [2.75, 3.05) is 13.2 Å². The maximum Gasteiger partial charge on any atom is 0.129 e. The van der Waals surface area contributed by atoms with Gasteiger partial charge in [0.15, 0.2) is 0 Å². The standard InChI is InChI=1S/C12H21NO2/c1-4-12(2,3)13-7-9-14-10-11-6-5-8-15-11/h5-6,8,13H,4,7,9-10H2,1-3H3. The maximum atomic E-state index is 5.46. The Morgan fingerprint density at radius 3 is 2.87 bits per heavy atom. The van der Waals surface area contributed by atoms with Crippen molar-refractivity contribution in [3.05, 3.63) is 24.2 Å². The highest BCUT2D eigenvalue weighted by Gasteiger charge is 2.12. The molecule has 1 N–H and O–H groups in total. The summed E-state index contributed by atoms with van der Waals surface area (Å²) in [5.41, 5.74) is 0.202. The molecule has 15 heavy (non-hydrogen) atoms. The smallest absolute Gasteiger partial charge is 0.129 e. The first-order valence-corrected chi connectivity index (χ1v) is 5.49. The Morgan fingerprint density at radius 2 is 2.27 bits per heavy atom. The highest BCUT2D eigenvalue weighted by Crippen LogP contribution is 2.06. The summed E-state index contributed by atoms with van der Waals surface area (Å²) in [5.74, 6) is 0.879. The van der Waals surface area contributed by atoms with E-state index in [9.17, 15) is 0 Å². The third-order valence-corrected chi connectivity index (χ3v) is 2.56. The van der Waals surface area contributed by atoms with Gasteiger partial charge >= 0.3 is 0 Å². The van der Waals surface area contributed by atoms with Crippen molar-refractivity contribution < 1.29 is 9.15 Å². The predicted octanol–water partition coefficient (Wildman–Crippen LogP) is 2.57. The first-order valence-electron chi connectivity index (χ1n) is 5.49. The second-order valence-electron chi connectivity index (χ2n) is 4.30. The van der Waals surface area contributed by atoms with Gasteiger partial charge in [0.05, 0.1) is 12.9 Å². The third-order valence-electron chi connectivity index (χ3n) is 2.56. The molecule has 0 unspecified atom stereocenters. The van der Waals surface area contributed by atoms with Crippen molar-refractivity contribution in [1.29, 1.82) is 0 Å². The van der Waals surface area contributed by atoms with Crippen molar-refractivity contribution in [1.82, 2.24) is 5.32 Å². The molecule has 0 aliphatic heterocycles. The molecule has 1 heterocycles. The zero-order chi connectivity index (χ0) is 11.1. The van der Waals surface area contributed by atoms with E-state index in [4.69, 9.17) is 9.15 Å². The molecule has 3 nitrogen and oxygen atoms in total. The van der Waals surface area contributed by atoms with Crippen LogP contribution in [0.3, 0.4) is 0 Å². The lowest BCUT2D eigenvalue weighted by Crippen LogP contribution is -2.40. The maximum absolute atomic E-state index is 5.46. The average molecular weight is 211 g/mol. The molecule has 1 aromatic rings. The Labute approximate surface area is 91.8 Å². The molecular formula is C12H21NO2. The first-order chi connectivity index (χ1) is 7.14. The number of hydrogen-bond acceptors (Lipinski definition) is 3. The van der Waals surface area contributed by atoms with Gasteiger partial charge in [-0.2, -0.15) is 0 Å². The zero-order valence-electron chi connectivity index (χ0n) is 9.88. The summed E-state index contributed by atoms with van der Waals surface area (Å²) in [6.45, 7) is 8.71. The molecule has 0 spiro atoms. The van der Waals surface area contributed by atoms with E-state index in [-0.39, 0.29) is 5.54 Å². The molecule has 0 saturated heterocycles. The normalized spacial score (nSPS) is 11.9. The summed E-state index contributed by atoms with van der Waals surface area (Å²) in [6, 6.07) is 3.79. The van der Waals surface area contributed by atoms with Crippen LogP contribution in [0.2, 0.25) is 0 Å². The minimum Gasteiger partial charge on any atom is -0.467 e. The van der Waals surface area contributed by atoms with Crippen molar-refractivity contribution in [3.63, 3.8) is 0 Å². The van der Waals surface area contributed by atoms with Gasteiger partial charge in [-0.3, -0.25) is 0 Å². The lowest BCUT2D eigenvalue weighted by Gasteiger charge is -2.24. The molecule has 1 rings (SSSR count). The molecule has 0 bridgehead atoms. The van der Waals surface area contributed by atoms with Gasteiger partial charge in [0.2, 0.25) is 0 Å². The van der Waals surface area contributed by atoms with E-state index in [1.54, 1.807) is 6.26 Å². The van der Waals surface area contributed by atoms with Crippen LogP contribution in [0.5, 0.6) is 0 Å². The largest absolute Gasteiger partial charge is 0.467 e. The van der Waals surface area contributed by atoms with Crippen molar-refractivity contribution in [3.8, 4) is 0 Å². The average Bonchev–Trinajstić information content (AvgIpc) is 2.70. The number of ether oxygens (including phenoxy) is 1. The molecule has 1 aromatic heterocycles. The highest BCUT2D eigenvalue weighted by atomic mass is 16.5. The van der Waals surface area contributed by atoms with Crippen molar-refractivity contribution >= 4 is 0 Å². The summed E-state index contributed by atoms with van der Waals surface area (Å²) in [5, 5.41) is 3.43. The SMILES string of the molecule is CCC(C)(C)NCCOCc1ccco1. The van der Waals surface area contributed by atoms with E-state index < -0.39 is 0 Å². The van der Waals surface area contributed by atoms with Gasteiger partial charge in [-0.25, -0.2) is 0 Å². The van der Waals surface area contributed by atoms with Crippen LogP contribution in [0, 0.1) is 0 Å². The zero-order valence-corrected chi connectivity index (χ0v) is 9.88. The van der Waals surface area contributed by atoms with Crippen LogP contribution in [-0.4, -0.2) is 18.7 Å². The van der Waals surface area contributed by atoms with Gasteiger partial charge < -0.3 is 14.5 Å². The van der Waals surface area contributed by atoms with Gasteiger partial charge in [0.1, 0.15) is 12.4 Å². The molecular weight excluding hydrogens is 190 g/mol. The molecule has 0 aliphatic carbocycles. The van der Waals surface area contributed by atoms with Crippen LogP contribution in [0.1, 0.15) is 33.0 Å². The third kappa shape index (κ3) is 5.00. The second kappa shape index (κ2) is 5.93. The van der Waals surface area contributed by atoms with Crippen LogP contribution in [0.4, 0.5) is 0 Å². The fourth-order valence-corrected chi connectivity index (χ4v) is 1.15. The van der Waals surface area contributed by atoms with Crippen LogP contribution >= 0.6 is 0 Å². The predicted molar refractivity (Wildman–Crippen MR) is 60.7 cm³/mol. The van der Waals surface area contributed by atoms with Crippen LogP contribution < -0.4 is 5.32 Å². The molecule has 0 amide bonds. The number of hydrogen-bond donors (Lipinski definition) is 1. The van der Waals surface area contributed by atoms with E-state index in [1.165, 1.54) is 0 Å². The Bertz CT molecular complexity index is 255. The van der Waals surface area contributed by atoms with Gasteiger partial charge in [-0.1, -0.05) is 6.92 Å². The number of furan rings is 1. The Kier molecular flexibility index (Phi) is 4.85. The number of rotatable bonds is 7. The molecule has 0 fully saturated rings. The summed E-state index contributed by atoms with van der Waals surface area (Å²) in [7, 11) is 0. The van der Waals surface area contributed by atoms with E-state index in [1.807, 2.05) is 12.1 Å². The lowest BCUT2D eigenvalue weighted by atomic mass is 10.0. The van der Waals surface area contributed by atoms with Crippen molar-refractivity contribution in [2.45, 2.75) is 39.3 Å². The van der Waals surface area contributed by atoms with E-state index >= 15 is 0 Å². The van der Waals surface area contributed by atoms with Gasteiger partial charge in [0, 0.05) is 12.1 Å². The minimum atomic E-state index is 0.202. The Hall–Kier alpha value is -0.800. The molecule has 3 heteroatoms. The molecule has 0 radical (unpaired) electrons. The summed E-state index contributed by atoms with van der Waals surface area (Å²) in [6.07, 6.45) is 2.78. The Morgan fingerprint density at radius 1 is 1.47 bits per heavy atom. The fourth-order valence-electron chi connectivity index (χ4n) is 1.15. The summed E-state index contributed by atoms with van der Waals surface area (Å²) < 4.78 is 10.6. The first kappa shape index (κ1) is 12.3. The summed E-state index contributed by atoms with van der Waals surface area (Å²) >= 11 is 0. The molecule has 86 valence electrons. The van der Waals surface area contributed by atoms with Crippen LogP contribution in [0.15, 0.2) is 22.8 Å². The van der Waals surface area contributed by atoms with E-state index in [2.05, 4.69) is 26.1 Å². The fraction of sp³-hybridized carbons (Fsp3) is 0.667. The molecule has 0 saturated carbocycles. The highest BCUT2D eigenvalue weighted by molar-refractivity contribution is 4.95. The molecule has 0 aliphatic rings. The minimum absolute atomic E-state index is 0.202.